The van der Waals surface area contributed by atoms with Crippen molar-refractivity contribution in [3.63, 3.8) is 0 Å². The summed E-state index contributed by atoms with van der Waals surface area (Å²) in [6, 6.07) is 15.9. The molecule has 4 aromatic rings. The number of H-pyrrole nitrogens is 1. The van der Waals surface area contributed by atoms with Crippen LogP contribution >= 0.6 is 0 Å². The molecule has 0 saturated carbocycles. The molecule has 0 radical (unpaired) electrons. The van der Waals surface area contributed by atoms with Gasteiger partial charge >= 0.3 is 5.92 Å². The van der Waals surface area contributed by atoms with Crippen LogP contribution in [0.3, 0.4) is 0 Å². The van der Waals surface area contributed by atoms with Crippen molar-refractivity contribution in [3.05, 3.63) is 65.7 Å². The van der Waals surface area contributed by atoms with E-state index >= 15 is 0 Å². The maximum Gasteiger partial charge on any atom is 0.308 e. The number of tetrazole rings is 1. The van der Waals surface area contributed by atoms with Crippen molar-refractivity contribution in [2.45, 2.75) is 58.9 Å². The van der Waals surface area contributed by atoms with Crippen molar-refractivity contribution in [2.24, 2.45) is 5.92 Å². The third-order valence-electron chi connectivity index (χ3n) is 5.60. The number of alkyl halides is 2. The van der Waals surface area contributed by atoms with E-state index in [1.807, 2.05) is 69.3 Å². The molecule has 2 heterocycles. The molecule has 0 aliphatic rings. The Kier molecular flexibility index (Phi) is 7.09. The summed E-state index contributed by atoms with van der Waals surface area (Å²) in [6.07, 6.45) is 1.51. The summed E-state index contributed by atoms with van der Waals surface area (Å²) in [7, 11) is 0. The average Bonchev–Trinajstić information content (AvgIpc) is 3.49. The summed E-state index contributed by atoms with van der Waals surface area (Å²) in [5.41, 5.74) is 3.89. The molecule has 0 bridgehead atoms. The van der Waals surface area contributed by atoms with Crippen LogP contribution in [0, 0.1) is 5.92 Å². The average molecular weight is 466 g/mol. The lowest BCUT2D eigenvalue weighted by atomic mass is 10.0. The maximum atomic E-state index is 14.6. The molecule has 34 heavy (non-hydrogen) atoms. The Morgan fingerprint density at radius 1 is 1.03 bits per heavy atom. The molecule has 2 aromatic carbocycles. The fourth-order valence-electron chi connectivity index (χ4n) is 3.78. The first kappa shape index (κ1) is 23.7. The van der Waals surface area contributed by atoms with Gasteiger partial charge in [0, 0.05) is 18.4 Å². The molecular weight excluding hydrogens is 436 g/mol. The van der Waals surface area contributed by atoms with Crippen LogP contribution in [0.2, 0.25) is 0 Å². The van der Waals surface area contributed by atoms with Crippen molar-refractivity contribution in [3.8, 4) is 22.5 Å². The van der Waals surface area contributed by atoms with E-state index in [-0.39, 0.29) is 18.2 Å². The highest BCUT2D eigenvalue weighted by molar-refractivity contribution is 5.70. The highest BCUT2D eigenvalue weighted by Crippen LogP contribution is 2.32. The lowest BCUT2D eigenvalue weighted by Gasteiger charge is -2.11. The zero-order valence-corrected chi connectivity index (χ0v) is 19.7. The Morgan fingerprint density at radius 3 is 2.47 bits per heavy atom. The van der Waals surface area contributed by atoms with Crippen LogP contribution in [-0.4, -0.2) is 35.4 Å². The standard InChI is InChI=1S/C25H29F2N7/c1-4-5-13-25(26,27)24-28-22(14-17(2)3)34(31-24)16-18-9-11-19(12-10-18)20-7-6-8-21(15-20)23-29-32-33-30-23/h6-12,15,17H,4-5,13-14,16H2,1-3H3,(H,29,30,32,33). The minimum absolute atomic E-state index is 0.230. The topological polar surface area (TPSA) is 85.2 Å². The number of aromatic amines is 1. The maximum absolute atomic E-state index is 14.6. The second-order valence-corrected chi connectivity index (χ2v) is 8.93. The van der Waals surface area contributed by atoms with Crippen LogP contribution in [0.5, 0.6) is 0 Å². The number of nitrogens with one attached hydrogen (secondary N) is 1. The first-order valence-electron chi connectivity index (χ1n) is 11.6. The third-order valence-corrected chi connectivity index (χ3v) is 5.60. The quantitative estimate of drug-likeness (QED) is 0.327. The van der Waals surface area contributed by atoms with E-state index in [0.29, 0.717) is 37.5 Å². The van der Waals surface area contributed by atoms with E-state index in [1.165, 1.54) is 0 Å². The van der Waals surface area contributed by atoms with Crippen LogP contribution in [0.15, 0.2) is 48.5 Å². The Balaban J connectivity index is 1.55. The summed E-state index contributed by atoms with van der Waals surface area (Å²) >= 11 is 0. The Hall–Kier alpha value is -3.49. The molecule has 0 atom stereocenters. The Morgan fingerprint density at radius 2 is 1.79 bits per heavy atom. The Labute approximate surface area is 197 Å². The summed E-state index contributed by atoms with van der Waals surface area (Å²) in [4.78, 5) is 4.25. The van der Waals surface area contributed by atoms with Gasteiger partial charge in [0.25, 0.3) is 0 Å². The van der Waals surface area contributed by atoms with Gasteiger partial charge in [0.05, 0.1) is 6.54 Å². The molecular formula is C25H29F2N7. The SMILES string of the molecule is CCCCC(F)(F)c1nc(CC(C)C)n(Cc2ccc(-c3cccc(-c4nn[nH]n4)c3)cc2)n1. The first-order valence-corrected chi connectivity index (χ1v) is 11.6. The van der Waals surface area contributed by atoms with Crippen LogP contribution in [-0.2, 0) is 18.9 Å². The van der Waals surface area contributed by atoms with Crippen LogP contribution in [0.1, 0.15) is 57.2 Å². The van der Waals surface area contributed by atoms with Gasteiger partial charge in [0.1, 0.15) is 5.82 Å². The van der Waals surface area contributed by atoms with Gasteiger partial charge in [-0.05, 0) is 40.3 Å². The molecule has 0 unspecified atom stereocenters. The molecule has 178 valence electrons. The van der Waals surface area contributed by atoms with Gasteiger partial charge in [-0.1, -0.05) is 69.7 Å². The number of nitrogens with zero attached hydrogens (tertiary/aromatic N) is 6. The molecule has 2 aromatic heterocycles. The second kappa shape index (κ2) is 10.2. The summed E-state index contributed by atoms with van der Waals surface area (Å²) < 4.78 is 30.9. The highest BCUT2D eigenvalue weighted by atomic mass is 19.3. The molecule has 9 heteroatoms. The first-order chi connectivity index (χ1) is 16.4. The molecule has 4 rings (SSSR count). The van der Waals surface area contributed by atoms with E-state index in [4.69, 9.17) is 0 Å². The molecule has 1 N–H and O–H groups in total. The number of hydrogen-bond acceptors (Lipinski definition) is 5. The van der Waals surface area contributed by atoms with Gasteiger partial charge in [-0.25, -0.2) is 9.67 Å². The van der Waals surface area contributed by atoms with Gasteiger partial charge in [0.15, 0.2) is 0 Å². The smallest absolute Gasteiger partial charge is 0.245 e. The number of aromatic nitrogens is 7. The Bertz CT molecular complexity index is 1200. The molecule has 0 amide bonds. The predicted octanol–water partition coefficient (Wildman–Crippen LogP) is 5.65. The van der Waals surface area contributed by atoms with Crippen molar-refractivity contribution < 1.29 is 8.78 Å². The van der Waals surface area contributed by atoms with Crippen molar-refractivity contribution >= 4 is 0 Å². The van der Waals surface area contributed by atoms with Gasteiger partial charge in [-0.3, -0.25) is 0 Å². The van der Waals surface area contributed by atoms with Crippen molar-refractivity contribution in [2.75, 3.05) is 0 Å². The van der Waals surface area contributed by atoms with Gasteiger partial charge in [-0.15, -0.1) is 15.3 Å². The van der Waals surface area contributed by atoms with Crippen LogP contribution in [0.25, 0.3) is 22.5 Å². The lowest BCUT2D eigenvalue weighted by molar-refractivity contribution is -0.0245. The fourth-order valence-corrected chi connectivity index (χ4v) is 3.78. The summed E-state index contributed by atoms with van der Waals surface area (Å²) in [6.45, 7) is 6.39. The number of hydrogen-bond donors (Lipinski definition) is 1. The zero-order chi connectivity index (χ0) is 24.1. The van der Waals surface area contributed by atoms with Crippen LogP contribution in [0.4, 0.5) is 8.78 Å². The van der Waals surface area contributed by atoms with E-state index in [2.05, 4.69) is 30.7 Å². The number of benzene rings is 2. The molecule has 0 aliphatic carbocycles. The van der Waals surface area contributed by atoms with Crippen molar-refractivity contribution in [1.82, 2.24) is 35.4 Å². The molecule has 0 saturated heterocycles. The van der Waals surface area contributed by atoms with E-state index in [0.717, 1.165) is 22.3 Å². The highest BCUT2D eigenvalue weighted by Gasteiger charge is 2.36. The van der Waals surface area contributed by atoms with Gasteiger partial charge < -0.3 is 0 Å². The zero-order valence-electron chi connectivity index (χ0n) is 19.7. The van der Waals surface area contributed by atoms with E-state index in [9.17, 15) is 8.78 Å². The number of unbranched alkanes of at least 4 members (excludes halogenated alkanes) is 1. The fraction of sp³-hybridized carbons (Fsp3) is 0.400. The van der Waals surface area contributed by atoms with Crippen LogP contribution < -0.4 is 0 Å². The second-order valence-electron chi connectivity index (χ2n) is 8.93. The number of rotatable bonds is 10. The van der Waals surface area contributed by atoms with Crippen molar-refractivity contribution in [1.29, 1.82) is 0 Å². The molecule has 7 nitrogen and oxygen atoms in total. The van der Waals surface area contributed by atoms with Gasteiger partial charge in [0.2, 0.25) is 11.6 Å². The monoisotopic (exact) mass is 465 g/mol. The minimum Gasteiger partial charge on any atom is -0.245 e. The molecule has 0 fully saturated rings. The number of halogens is 2. The van der Waals surface area contributed by atoms with E-state index < -0.39 is 5.92 Å². The normalized spacial score (nSPS) is 11.9. The lowest BCUT2D eigenvalue weighted by Crippen LogP contribution is -2.16. The van der Waals surface area contributed by atoms with E-state index in [1.54, 1.807) is 4.68 Å². The minimum atomic E-state index is -3.01. The molecule has 0 aliphatic heterocycles. The molecule has 0 spiro atoms. The largest absolute Gasteiger partial charge is 0.308 e. The predicted molar refractivity (Wildman–Crippen MR) is 126 cm³/mol. The summed E-state index contributed by atoms with van der Waals surface area (Å²) in [5.74, 6) is -1.96. The summed E-state index contributed by atoms with van der Waals surface area (Å²) in [5, 5.41) is 18.4. The third kappa shape index (κ3) is 5.52. The van der Waals surface area contributed by atoms with Gasteiger partial charge in [-0.2, -0.15) is 14.0 Å².